The van der Waals surface area contributed by atoms with E-state index in [0.717, 1.165) is 21.2 Å². The molecule has 0 bridgehead atoms. The standard InChI is InChI=1S/C19H20N2O3S/c1-4-21(12-14-7-9-15(23-3)10-8-14)19(22)17-13(2)25-18(20-17)16-6-5-11-24-16/h5-11H,4,12H2,1-3H3. The molecular formula is C19H20N2O3S. The Morgan fingerprint density at radius 3 is 2.64 bits per heavy atom. The molecule has 0 aliphatic carbocycles. The van der Waals surface area contributed by atoms with E-state index in [4.69, 9.17) is 9.15 Å². The lowest BCUT2D eigenvalue weighted by Crippen LogP contribution is -2.31. The van der Waals surface area contributed by atoms with Crippen LogP contribution >= 0.6 is 11.3 Å². The molecule has 0 aliphatic rings. The summed E-state index contributed by atoms with van der Waals surface area (Å²) < 4.78 is 10.6. The summed E-state index contributed by atoms with van der Waals surface area (Å²) in [5, 5.41) is 0.728. The SMILES string of the molecule is CCN(Cc1ccc(OC)cc1)C(=O)c1nc(-c2ccco2)sc1C. The van der Waals surface area contributed by atoms with Crippen LogP contribution in [0.2, 0.25) is 0 Å². The summed E-state index contributed by atoms with van der Waals surface area (Å²) >= 11 is 1.47. The minimum Gasteiger partial charge on any atom is -0.497 e. The molecule has 0 atom stereocenters. The number of aromatic nitrogens is 1. The highest BCUT2D eigenvalue weighted by molar-refractivity contribution is 7.15. The van der Waals surface area contributed by atoms with E-state index in [9.17, 15) is 4.79 Å². The first kappa shape index (κ1) is 17.2. The van der Waals surface area contributed by atoms with Gasteiger partial charge in [0, 0.05) is 18.0 Å². The van der Waals surface area contributed by atoms with E-state index in [2.05, 4.69) is 4.98 Å². The van der Waals surface area contributed by atoms with E-state index >= 15 is 0 Å². The van der Waals surface area contributed by atoms with Gasteiger partial charge >= 0.3 is 0 Å². The molecule has 0 spiro atoms. The number of hydrogen-bond donors (Lipinski definition) is 0. The van der Waals surface area contributed by atoms with Gasteiger partial charge < -0.3 is 14.1 Å². The van der Waals surface area contributed by atoms with Gasteiger partial charge in [0.1, 0.15) is 11.4 Å². The Hall–Kier alpha value is -2.60. The second-order valence-electron chi connectivity index (χ2n) is 5.57. The number of carbonyl (C=O) groups excluding carboxylic acids is 1. The first-order valence-corrected chi connectivity index (χ1v) is 8.87. The van der Waals surface area contributed by atoms with Gasteiger partial charge in [-0.2, -0.15) is 0 Å². The number of nitrogens with zero attached hydrogens (tertiary/aromatic N) is 2. The fourth-order valence-electron chi connectivity index (χ4n) is 2.53. The molecular weight excluding hydrogens is 336 g/mol. The van der Waals surface area contributed by atoms with E-state index in [1.165, 1.54) is 11.3 Å². The molecule has 3 aromatic rings. The van der Waals surface area contributed by atoms with Crippen LogP contribution < -0.4 is 4.74 Å². The maximum atomic E-state index is 12.9. The first-order chi connectivity index (χ1) is 12.1. The molecule has 2 heterocycles. The van der Waals surface area contributed by atoms with Crippen LogP contribution in [-0.4, -0.2) is 29.4 Å². The topological polar surface area (TPSA) is 55.6 Å². The molecule has 0 aliphatic heterocycles. The van der Waals surface area contributed by atoms with Crippen LogP contribution in [0.1, 0.15) is 27.9 Å². The van der Waals surface area contributed by atoms with Crippen molar-refractivity contribution in [3.05, 3.63) is 58.8 Å². The van der Waals surface area contributed by atoms with Crippen LogP contribution in [0.15, 0.2) is 47.1 Å². The number of furan rings is 1. The van der Waals surface area contributed by atoms with E-state index in [0.29, 0.717) is 24.5 Å². The number of aryl methyl sites for hydroxylation is 1. The highest BCUT2D eigenvalue weighted by Gasteiger charge is 2.22. The molecule has 0 saturated heterocycles. The summed E-state index contributed by atoms with van der Waals surface area (Å²) in [6.45, 7) is 5.03. The lowest BCUT2D eigenvalue weighted by Gasteiger charge is -2.20. The Bertz CT molecular complexity index is 838. The summed E-state index contributed by atoms with van der Waals surface area (Å²) in [6.07, 6.45) is 1.61. The molecule has 0 radical (unpaired) electrons. The van der Waals surface area contributed by atoms with Gasteiger partial charge in [0.05, 0.1) is 13.4 Å². The molecule has 6 heteroatoms. The molecule has 0 fully saturated rings. The van der Waals surface area contributed by atoms with Gasteiger partial charge in [0.15, 0.2) is 10.8 Å². The van der Waals surface area contributed by atoms with Crippen molar-refractivity contribution in [2.24, 2.45) is 0 Å². The smallest absolute Gasteiger partial charge is 0.273 e. The maximum absolute atomic E-state index is 12.9. The van der Waals surface area contributed by atoms with Gasteiger partial charge in [-0.05, 0) is 43.7 Å². The Morgan fingerprint density at radius 2 is 2.04 bits per heavy atom. The number of methoxy groups -OCH3 is 1. The van der Waals surface area contributed by atoms with E-state index in [-0.39, 0.29) is 5.91 Å². The molecule has 5 nitrogen and oxygen atoms in total. The van der Waals surface area contributed by atoms with Gasteiger partial charge in [0.2, 0.25) is 0 Å². The number of carbonyl (C=O) groups is 1. The average Bonchev–Trinajstić information content (AvgIpc) is 3.29. The van der Waals surface area contributed by atoms with E-state index in [1.807, 2.05) is 50.2 Å². The zero-order chi connectivity index (χ0) is 17.8. The molecule has 3 rings (SSSR count). The molecule has 1 amide bonds. The number of hydrogen-bond acceptors (Lipinski definition) is 5. The number of ether oxygens (including phenoxy) is 1. The predicted molar refractivity (Wildman–Crippen MR) is 98.0 cm³/mol. The van der Waals surface area contributed by atoms with Crippen LogP contribution in [0.5, 0.6) is 5.75 Å². The van der Waals surface area contributed by atoms with Crippen molar-refractivity contribution in [3.8, 4) is 16.5 Å². The molecule has 2 aromatic heterocycles. The van der Waals surface area contributed by atoms with Crippen LogP contribution in [0.4, 0.5) is 0 Å². The predicted octanol–water partition coefficient (Wildman–Crippen LogP) is 4.38. The summed E-state index contributed by atoms with van der Waals surface area (Å²) in [5.41, 5.74) is 1.54. The zero-order valence-electron chi connectivity index (χ0n) is 14.5. The fourth-order valence-corrected chi connectivity index (χ4v) is 3.40. The molecule has 1 aromatic carbocycles. The molecule has 130 valence electrons. The van der Waals surface area contributed by atoms with Crippen molar-refractivity contribution in [2.75, 3.05) is 13.7 Å². The molecule has 25 heavy (non-hydrogen) atoms. The van der Waals surface area contributed by atoms with Gasteiger partial charge in [-0.25, -0.2) is 4.98 Å². The Morgan fingerprint density at radius 1 is 1.28 bits per heavy atom. The third kappa shape index (κ3) is 3.74. The van der Waals surface area contributed by atoms with Gasteiger partial charge in [-0.1, -0.05) is 12.1 Å². The highest BCUT2D eigenvalue weighted by Crippen LogP contribution is 2.28. The van der Waals surface area contributed by atoms with Crippen LogP contribution in [0, 0.1) is 6.92 Å². The number of thiazole rings is 1. The third-order valence-electron chi connectivity index (χ3n) is 3.93. The zero-order valence-corrected chi connectivity index (χ0v) is 15.3. The van der Waals surface area contributed by atoms with Crippen LogP contribution in [0.25, 0.3) is 10.8 Å². The molecule has 0 unspecified atom stereocenters. The highest BCUT2D eigenvalue weighted by atomic mass is 32.1. The second kappa shape index (κ2) is 7.53. The van der Waals surface area contributed by atoms with Gasteiger partial charge in [-0.3, -0.25) is 4.79 Å². The normalized spacial score (nSPS) is 10.7. The molecule has 0 saturated carbocycles. The van der Waals surface area contributed by atoms with Gasteiger partial charge in [-0.15, -0.1) is 11.3 Å². The Labute approximate surface area is 150 Å². The van der Waals surface area contributed by atoms with Gasteiger partial charge in [0.25, 0.3) is 5.91 Å². The van der Waals surface area contributed by atoms with Crippen molar-refractivity contribution in [1.82, 2.24) is 9.88 Å². The minimum atomic E-state index is -0.0649. The Kier molecular flexibility index (Phi) is 5.19. The minimum absolute atomic E-state index is 0.0649. The summed E-state index contributed by atoms with van der Waals surface area (Å²) in [7, 11) is 1.64. The lowest BCUT2D eigenvalue weighted by atomic mass is 10.2. The fraction of sp³-hybridized carbons (Fsp3) is 0.263. The number of rotatable bonds is 6. The van der Waals surface area contributed by atoms with Crippen LogP contribution in [-0.2, 0) is 6.54 Å². The second-order valence-corrected chi connectivity index (χ2v) is 6.77. The number of benzene rings is 1. The van der Waals surface area contributed by atoms with Crippen molar-refractivity contribution >= 4 is 17.2 Å². The third-order valence-corrected chi connectivity index (χ3v) is 4.92. The van der Waals surface area contributed by atoms with Crippen molar-refractivity contribution in [2.45, 2.75) is 20.4 Å². The van der Waals surface area contributed by atoms with E-state index in [1.54, 1.807) is 18.3 Å². The van der Waals surface area contributed by atoms with E-state index < -0.39 is 0 Å². The summed E-state index contributed by atoms with van der Waals surface area (Å²) in [5.74, 6) is 1.42. The van der Waals surface area contributed by atoms with Crippen molar-refractivity contribution in [3.63, 3.8) is 0 Å². The maximum Gasteiger partial charge on any atom is 0.273 e. The molecule has 0 N–H and O–H groups in total. The largest absolute Gasteiger partial charge is 0.497 e. The Balaban J connectivity index is 1.80. The van der Waals surface area contributed by atoms with Crippen molar-refractivity contribution < 1.29 is 13.9 Å². The first-order valence-electron chi connectivity index (χ1n) is 8.06. The summed E-state index contributed by atoms with van der Waals surface area (Å²) in [4.78, 5) is 20.1. The average molecular weight is 356 g/mol. The summed E-state index contributed by atoms with van der Waals surface area (Å²) in [6, 6.07) is 11.4. The van der Waals surface area contributed by atoms with Crippen molar-refractivity contribution in [1.29, 1.82) is 0 Å². The van der Waals surface area contributed by atoms with Crippen LogP contribution in [0.3, 0.4) is 0 Å². The number of amides is 1. The monoisotopic (exact) mass is 356 g/mol. The quantitative estimate of drug-likeness (QED) is 0.657. The lowest BCUT2D eigenvalue weighted by molar-refractivity contribution is 0.0747.